The Hall–Kier alpha value is -1.26. The highest BCUT2D eigenvalue weighted by Gasteiger charge is 2.33. The van der Waals surface area contributed by atoms with E-state index in [-0.39, 0.29) is 5.54 Å². The molecule has 1 unspecified atom stereocenters. The normalized spacial score (nSPS) is 22.6. The first-order valence-electron chi connectivity index (χ1n) is 7.47. The average molecular weight is 309 g/mol. The maximum atomic E-state index is 6.15. The molecule has 4 nitrogen and oxygen atoms in total. The van der Waals surface area contributed by atoms with Crippen molar-refractivity contribution in [1.82, 2.24) is 9.55 Å². The lowest BCUT2D eigenvalue weighted by atomic mass is 9.94. The van der Waals surface area contributed by atoms with Crippen molar-refractivity contribution < 1.29 is 9.47 Å². The van der Waals surface area contributed by atoms with E-state index in [0.29, 0.717) is 19.1 Å². The van der Waals surface area contributed by atoms with Crippen molar-refractivity contribution in [2.24, 2.45) is 0 Å². The molecule has 0 N–H and O–H groups in total. The van der Waals surface area contributed by atoms with Gasteiger partial charge in [-0.3, -0.25) is 0 Å². The van der Waals surface area contributed by atoms with Crippen LogP contribution in [0.5, 0.6) is 5.75 Å². The van der Waals surface area contributed by atoms with E-state index in [1.54, 1.807) is 0 Å². The highest BCUT2D eigenvalue weighted by atomic mass is 35.5. The molecule has 1 saturated heterocycles. The number of para-hydroxylation sites is 1. The number of nitrogens with zero attached hydrogens (tertiary/aromatic N) is 2. The van der Waals surface area contributed by atoms with E-state index in [1.165, 1.54) is 0 Å². The zero-order valence-electron chi connectivity index (χ0n) is 12.6. The van der Waals surface area contributed by atoms with Gasteiger partial charge in [0.05, 0.1) is 30.1 Å². The summed E-state index contributed by atoms with van der Waals surface area (Å²) in [6.45, 7) is 6.36. The second kappa shape index (κ2) is 5.85. The van der Waals surface area contributed by atoms with E-state index < -0.39 is 0 Å². The van der Waals surface area contributed by atoms with Gasteiger partial charge < -0.3 is 14.0 Å². The molecule has 0 aliphatic carbocycles. The third kappa shape index (κ3) is 2.51. The molecule has 21 heavy (non-hydrogen) atoms. The SMILES string of the molecule is CCOc1cccc2c1nc(CCl)n2C1(C)CCCOC1. The van der Waals surface area contributed by atoms with Gasteiger partial charge in [0.2, 0.25) is 0 Å². The molecule has 3 rings (SSSR count). The summed E-state index contributed by atoms with van der Waals surface area (Å²) in [7, 11) is 0. The molecule has 1 aromatic carbocycles. The number of benzene rings is 1. The van der Waals surface area contributed by atoms with Crippen LogP contribution in [0.15, 0.2) is 18.2 Å². The summed E-state index contributed by atoms with van der Waals surface area (Å²) in [6, 6.07) is 6.05. The Morgan fingerprint density at radius 1 is 1.48 bits per heavy atom. The molecule has 2 aromatic rings. The minimum Gasteiger partial charge on any atom is -0.492 e. The van der Waals surface area contributed by atoms with Gasteiger partial charge in [0.25, 0.3) is 0 Å². The number of rotatable bonds is 4. The molecule has 1 aliphatic heterocycles. The van der Waals surface area contributed by atoms with Crippen molar-refractivity contribution in [2.75, 3.05) is 19.8 Å². The minimum atomic E-state index is -0.0952. The van der Waals surface area contributed by atoms with Gasteiger partial charge in [-0.1, -0.05) is 6.07 Å². The topological polar surface area (TPSA) is 36.3 Å². The molecule has 0 radical (unpaired) electrons. The first-order valence-corrected chi connectivity index (χ1v) is 8.00. The second-order valence-electron chi connectivity index (χ2n) is 5.71. The smallest absolute Gasteiger partial charge is 0.147 e. The van der Waals surface area contributed by atoms with Crippen molar-refractivity contribution in [3.63, 3.8) is 0 Å². The van der Waals surface area contributed by atoms with Crippen molar-refractivity contribution in [1.29, 1.82) is 0 Å². The van der Waals surface area contributed by atoms with E-state index in [1.807, 2.05) is 19.1 Å². The zero-order chi connectivity index (χ0) is 14.9. The lowest BCUT2D eigenvalue weighted by molar-refractivity contribution is 0.0104. The molecule has 0 bridgehead atoms. The molecule has 0 amide bonds. The van der Waals surface area contributed by atoms with Crippen LogP contribution in [0.4, 0.5) is 0 Å². The van der Waals surface area contributed by atoms with Gasteiger partial charge in [0.15, 0.2) is 0 Å². The molecule has 1 fully saturated rings. The van der Waals surface area contributed by atoms with Crippen LogP contribution in [0.3, 0.4) is 0 Å². The number of imidazole rings is 1. The van der Waals surface area contributed by atoms with Crippen molar-refractivity contribution in [3.05, 3.63) is 24.0 Å². The lowest BCUT2D eigenvalue weighted by Gasteiger charge is -2.36. The van der Waals surface area contributed by atoms with Crippen LogP contribution in [0.25, 0.3) is 11.0 Å². The molecule has 2 heterocycles. The van der Waals surface area contributed by atoms with Crippen LogP contribution < -0.4 is 4.74 Å². The Labute approximate surface area is 130 Å². The first-order chi connectivity index (χ1) is 10.2. The number of hydrogen-bond acceptors (Lipinski definition) is 3. The van der Waals surface area contributed by atoms with Gasteiger partial charge in [0, 0.05) is 6.61 Å². The van der Waals surface area contributed by atoms with Crippen LogP contribution in [0.2, 0.25) is 0 Å². The Morgan fingerprint density at radius 3 is 3.00 bits per heavy atom. The fourth-order valence-electron chi connectivity index (χ4n) is 3.18. The molecule has 0 spiro atoms. The van der Waals surface area contributed by atoms with Crippen LogP contribution in [-0.4, -0.2) is 29.4 Å². The van der Waals surface area contributed by atoms with E-state index >= 15 is 0 Å². The lowest BCUT2D eigenvalue weighted by Crippen LogP contribution is -2.39. The molecule has 1 aliphatic rings. The third-order valence-electron chi connectivity index (χ3n) is 4.09. The number of hydrogen-bond donors (Lipinski definition) is 0. The van der Waals surface area contributed by atoms with Crippen LogP contribution >= 0.6 is 11.6 Å². The van der Waals surface area contributed by atoms with Crippen molar-refractivity contribution in [3.8, 4) is 5.75 Å². The predicted molar refractivity (Wildman–Crippen MR) is 84.2 cm³/mol. The highest BCUT2D eigenvalue weighted by molar-refractivity contribution is 6.16. The van der Waals surface area contributed by atoms with E-state index in [2.05, 4.69) is 17.6 Å². The van der Waals surface area contributed by atoms with Crippen molar-refractivity contribution >= 4 is 22.6 Å². The molecular weight excluding hydrogens is 288 g/mol. The van der Waals surface area contributed by atoms with Crippen LogP contribution in [0, 0.1) is 0 Å². The molecular formula is C16H21ClN2O2. The largest absolute Gasteiger partial charge is 0.492 e. The summed E-state index contributed by atoms with van der Waals surface area (Å²) >= 11 is 6.15. The molecule has 1 atom stereocenters. The van der Waals surface area contributed by atoms with Crippen molar-refractivity contribution in [2.45, 2.75) is 38.1 Å². The van der Waals surface area contributed by atoms with Gasteiger partial charge >= 0.3 is 0 Å². The summed E-state index contributed by atoms with van der Waals surface area (Å²) in [6.07, 6.45) is 2.13. The summed E-state index contributed by atoms with van der Waals surface area (Å²) in [5.74, 6) is 2.09. The molecule has 0 saturated carbocycles. The van der Waals surface area contributed by atoms with Gasteiger partial charge in [-0.05, 0) is 38.8 Å². The summed E-state index contributed by atoms with van der Waals surface area (Å²) in [5, 5.41) is 0. The molecule has 114 valence electrons. The summed E-state index contributed by atoms with van der Waals surface area (Å²) in [5.41, 5.74) is 1.87. The second-order valence-corrected chi connectivity index (χ2v) is 5.97. The number of ether oxygens (including phenoxy) is 2. The molecule has 5 heteroatoms. The zero-order valence-corrected chi connectivity index (χ0v) is 13.3. The van der Waals surface area contributed by atoms with Gasteiger partial charge in [-0.2, -0.15) is 0 Å². The maximum absolute atomic E-state index is 6.15. The van der Waals surface area contributed by atoms with Gasteiger partial charge in [0.1, 0.15) is 17.1 Å². The Bertz CT molecular complexity index is 632. The minimum absolute atomic E-state index is 0.0952. The fourth-order valence-corrected chi connectivity index (χ4v) is 3.36. The monoisotopic (exact) mass is 308 g/mol. The number of fused-ring (bicyclic) bond motifs is 1. The van der Waals surface area contributed by atoms with E-state index in [4.69, 9.17) is 26.1 Å². The van der Waals surface area contributed by atoms with Crippen LogP contribution in [0.1, 0.15) is 32.5 Å². The van der Waals surface area contributed by atoms with Crippen LogP contribution in [-0.2, 0) is 16.2 Å². The standard InChI is InChI=1S/C16H21ClN2O2/c1-3-21-13-7-4-6-12-15(13)18-14(10-17)19(12)16(2)8-5-9-20-11-16/h4,6-7H,3,5,8-11H2,1-2H3. The van der Waals surface area contributed by atoms with Gasteiger partial charge in [-0.25, -0.2) is 4.98 Å². The predicted octanol–water partition coefficient (Wildman–Crippen LogP) is 3.70. The highest BCUT2D eigenvalue weighted by Crippen LogP contribution is 2.35. The van der Waals surface area contributed by atoms with Gasteiger partial charge in [-0.15, -0.1) is 11.6 Å². The summed E-state index contributed by atoms with van der Waals surface area (Å²) < 4.78 is 13.7. The molecule has 1 aromatic heterocycles. The summed E-state index contributed by atoms with van der Waals surface area (Å²) in [4.78, 5) is 4.72. The Kier molecular flexibility index (Phi) is 4.09. The first kappa shape index (κ1) is 14.7. The Balaban J connectivity index is 2.18. The number of aromatic nitrogens is 2. The number of alkyl halides is 1. The fraction of sp³-hybridized carbons (Fsp3) is 0.562. The Morgan fingerprint density at radius 2 is 2.33 bits per heavy atom. The van der Waals surface area contributed by atoms with E-state index in [0.717, 1.165) is 42.1 Å². The number of halogens is 1. The van der Waals surface area contributed by atoms with E-state index in [9.17, 15) is 0 Å². The quantitative estimate of drug-likeness (QED) is 0.808. The third-order valence-corrected chi connectivity index (χ3v) is 4.33. The average Bonchev–Trinajstić information content (AvgIpc) is 2.89. The maximum Gasteiger partial charge on any atom is 0.147 e.